The number of esters is 1. The lowest BCUT2D eigenvalue weighted by molar-refractivity contribution is -0.132. The monoisotopic (exact) mass is 452 g/mol. The average Bonchev–Trinajstić information content (AvgIpc) is 3.16. The van der Waals surface area contributed by atoms with Crippen molar-refractivity contribution in [2.45, 2.75) is 6.92 Å². The van der Waals surface area contributed by atoms with Gasteiger partial charge in [-0.1, -0.05) is 0 Å². The summed E-state index contributed by atoms with van der Waals surface area (Å²) in [5.41, 5.74) is 0.302. The van der Waals surface area contributed by atoms with Crippen LogP contribution in [-0.2, 0) is 4.79 Å². The van der Waals surface area contributed by atoms with Gasteiger partial charge in [-0.25, -0.2) is 4.79 Å². The molecule has 4 rings (SSSR count). The van der Waals surface area contributed by atoms with E-state index in [0.29, 0.717) is 32.4 Å². The molecule has 2 N–H and O–H groups in total. The average molecular weight is 452 g/mol. The van der Waals surface area contributed by atoms with Gasteiger partial charge in [0.05, 0.1) is 33.1 Å². The molecule has 0 aliphatic heterocycles. The van der Waals surface area contributed by atoms with Crippen molar-refractivity contribution in [3.8, 4) is 23.0 Å². The van der Waals surface area contributed by atoms with E-state index in [9.17, 15) is 14.4 Å². The first kappa shape index (κ1) is 21.7. The topological polar surface area (TPSA) is 137 Å². The van der Waals surface area contributed by atoms with E-state index in [0.717, 1.165) is 0 Å². The number of aromatic amines is 2. The molecule has 33 heavy (non-hydrogen) atoms. The second kappa shape index (κ2) is 8.54. The number of carbonyl (C=O) groups excluding carboxylic acids is 1. The number of nitrogens with one attached hydrogen (secondary N) is 2. The highest BCUT2D eigenvalue weighted by atomic mass is 16.6. The van der Waals surface area contributed by atoms with Crippen molar-refractivity contribution < 1.29 is 23.7 Å². The molecule has 0 radical (unpaired) electrons. The van der Waals surface area contributed by atoms with Crippen molar-refractivity contribution in [2.24, 2.45) is 5.10 Å². The number of methoxy groups -OCH3 is 3. The molecule has 11 heteroatoms. The third-order valence-corrected chi connectivity index (χ3v) is 4.89. The van der Waals surface area contributed by atoms with Gasteiger partial charge >= 0.3 is 17.2 Å². The molecule has 0 atom stereocenters. The van der Waals surface area contributed by atoms with Gasteiger partial charge in [-0.2, -0.15) is 5.10 Å². The van der Waals surface area contributed by atoms with Gasteiger partial charge in [-0.15, -0.1) is 4.68 Å². The van der Waals surface area contributed by atoms with Gasteiger partial charge < -0.3 is 28.9 Å². The van der Waals surface area contributed by atoms with E-state index in [2.05, 4.69) is 15.1 Å². The second-order valence-electron chi connectivity index (χ2n) is 6.93. The van der Waals surface area contributed by atoms with E-state index >= 15 is 0 Å². The maximum atomic E-state index is 13.0. The molecule has 0 unspecified atom stereocenters. The Bertz CT molecular complexity index is 1500. The van der Waals surface area contributed by atoms with Crippen LogP contribution in [0.25, 0.3) is 21.9 Å². The van der Waals surface area contributed by atoms with Crippen molar-refractivity contribution in [3.63, 3.8) is 0 Å². The highest BCUT2D eigenvalue weighted by molar-refractivity contribution is 6.04. The summed E-state index contributed by atoms with van der Waals surface area (Å²) in [5.74, 6) is 0.580. The van der Waals surface area contributed by atoms with Gasteiger partial charge in [0.2, 0.25) is 5.75 Å². The summed E-state index contributed by atoms with van der Waals surface area (Å²) in [4.78, 5) is 42.7. The number of hydrogen-bond donors (Lipinski definition) is 2. The number of carbonyl (C=O) groups is 1. The lowest BCUT2D eigenvalue weighted by Gasteiger charge is -2.13. The highest BCUT2D eigenvalue weighted by Gasteiger charge is 2.16. The smallest absolute Gasteiger partial charge is 0.350 e. The first-order chi connectivity index (χ1) is 15.9. The molecule has 2 aromatic carbocycles. The predicted molar refractivity (Wildman–Crippen MR) is 121 cm³/mol. The Morgan fingerprint density at radius 2 is 1.67 bits per heavy atom. The Kier molecular flexibility index (Phi) is 5.61. The molecule has 2 heterocycles. The third kappa shape index (κ3) is 3.91. The lowest BCUT2D eigenvalue weighted by atomic mass is 10.2. The maximum absolute atomic E-state index is 13.0. The number of nitrogens with zero attached hydrogens (tertiary/aromatic N) is 2. The molecular weight excluding hydrogens is 432 g/mol. The minimum Gasteiger partial charge on any atom is -0.497 e. The molecule has 0 amide bonds. The van der Waals surface area contributed by atoms with Crippen molar-refractivity contribution in [1.29, 1.82) is 0 Å². The summed E-state index contributed by atoms with van der Waals surface area (Å²) < 4.78 is 21.6. The Morgan fingerprint density at radius 3 is 2.27 bits per heavy atom. The van der Waals surface area contributed by atoms with E-state index in [-0.39, 0.29) is 22.8 Å². The Hall–Kier alpha value is -4.54. The third-order valence-electron chi connectivity index (χ3n) is 4.89. The zero-order chi connectivity index (χ0) is 23.7. The van der Waals surface area contributed by atoms with Gasteiger partial charge in [0, 0.05) is 23.4 Å². The van der Waals surface area contributed by atoms with E-state index in [1.54, 1.807) is 18.2 Å². The Balaban J connectivity index is 1.81. The van der Waals surface area contributed by atoms with Crippen LogP contribution >= 0.6 is 0 Å². The lowest BCUT2D eigenvalue weighted by Crippen LogP contribution is -2.32. The van der Waals surface area contributed by atoms with E-state index in [4.69, 9.17) is 18.9 Å². The largest absolute Gasteiger partial charge is 0.497 e. The summed E-state index contributed by atoms with van der Waals surface area (Å²) >= 11 is 0. The van der Waals surface area contributed by atoms with Crippen LogP contribution in [0.15, 0.2) is 45.0 Å². The van der Waals surface area contributed by atoms with E-state index in [1.807, 2.05) is 0 Å². The molecule has 170 valence electrons. The summed E-state index contributed by atoms with van der Waals surface area (Å²) in [6, 6.07) is 8.27. The van der Waals surface area contributed by atoms with Crippen molar-refractivity contribution in [3.05, 3.63) is 56.7 Å². The van der Waals surface area contributed by atoms with Crippen molar-refractivity contribution in [1.82, 2.24) is 14.6 Å². The molecule has 0 fully saturated rings. The fourth-order valence-electron chi connectivity index (χ4n) is 3.39. The second-order valence-corrected chi connectivity index (χ2v) is 6.93. The van der Waals surface area contributed by atoms with Crippen LogP contribution in [0.5, 0.6) is 23.0 Å². The van der Waals surface area contributed by atoms with E-state index in [1.165, 1.54) is 46.6 Å². The predicted octanol–water partition coefficient (Wildman–Crippen LogP) is 2.00. The van der Waals surface area contributed by atoms with Crippen LogP contribution < -0.4 is 30.2 Å². The summed E-state index contributed by atoms with van der Waals surface area (Å²) in [6.45, 7) is 1.25. The Labute approximate surface area is 186 Å². The standard InChI is InChI=1S/C22H20N4O7/c1-11(27)33-20-16(31-3)7-12(8-17(20)32-4)10-23-26-21(28)19-18(25-22(26)29)14-9-13(30-2)5-6-15(14)24-19/h5-10,24H,1-4H3,(H,25,29). The first-order valence-electron chi connectivity index (χ1n) is 9.69. The summed E-state index contributed by atoms with van der Waals surface area (Å²) in [7, 11) is 4.33. The summed E-state index contributed by atoms with van der Waals surface area (Å²) in [6.07, 6.45) is 1.29. The van der Waals surface area contributed by atoms with Crippen LogP contribution in [0.3, 0.4) is 0 Å². The quantitative estimate of drug-likeness (QED) is 0.259. The van der Waals surface area contributed by atoms with Gasteiger partial charge in [-0.05, 0) is 30.3 Å². The molecule has 0 saturated carbocycles. The molecule has 11 nitrogen and oxygen atoms in total. The van der Waals surface area contributed by atoms with Gasteiger partial charge in [0.1, 0.15) is 11.3 Å². The van der Waals surface area contributed by atoms with Crippen LogP contribution in [0.4, 0.5) is 0 Å². The number of rotatable bonds is 6. The zero-order valence-corrected chi connectivity index (χ0v) is 18.2. The fraction of sp³-hybridized carbons (Fsp3) is 0.182. The zero-order valence-electron chi connectivity index (χ0n) is 18.2. The molecule has 0 spiro atoms. The molecule has 0 aliphatic carbocycles. The van der Waals surface area contributed by atoms with E-state index < -0.39 is 17.2 Å². The molecule has 0 saturated heterocycles. The van der Waals surface area contributed by atoms with Gasteiger partial charge in [0.15, 0.2) is 11.5 Å². The minimum absolute atomic E-state index is 0.106. The normalized spacial score (nSPS) is 11.3. The molecular formula is C22H20N4O7. The van der Waals surface area contributed by atoms with Gasteiger partial charge in [-0.3, -0.25) is 9.59 Å². The number of hydrogen-bond acceptors (Lipinski definition) is 8. The Morgan fingerprint density at radius 1 is 0.970 bits per heavy atom. The van der Waals surface area contributed by atoms with Crippen LogP contribution in [-0.4, -0.2) is 48.2 Å². The van der Waals surface area contributed by atoms with Crippen LogP contribution in [0, 0.1) is 0 Å². The molecule has 4 aromatic rings. The minimum atomic E-state index is -0.720. The van der Waals surface area contributed by atoms with Gasteiger partial charge in [0.25, 0.3) is 0 Å². The maximum Gasteiger partial charge on any atom is 0.350 e. The van der Waals surface area contributed by atoms with Crippen molar-refractivity contribution in [2.75, 3.05) is 21.3 Å². The SMILES string of the molecule is COc1ccc2[nH]c3c(=O)n(N=Cc4cc(OC)c(OC(C)=O)c(OC)c4)c(=O)[nH]c3c2c1. The number of fused-ring (bicyclic) bond motifs is 3. The summed E-state index contributed by atoms with van der Waals surface area (Å²) in [5, 5.41) is 4.69. The highest BCUT2D eigenvalue weighted by Crippen LogP contribution is 2.38. The first-order valence-corrected chi connectivity index (χ1v) is 9.69. The molecule has 2 aromatic heterocycles. The molecule has 0 aliphatic rings. The molecule has 0 bridgehead atoms. The fourth-order valence-corrected chi connectivity index (χ4v) is 3.39. The number of ether oxygens (including phenoxy) is 4. The van der Waals surface area contributed by atoms with Crippen molar-refractivity contribution >= 4 is 34.1 Å². The number of aromatic nitrogens is 3. The van der Waals surface area contributed by atoms with Crippen LogP contribution in [0.1, 0.15) is 12.5 Å². The van der Waals surface area contributed by atoms with Crippen LogP contribution in [0.2, 0.25) is 0 Å². The number of benzene rings is 2. The number of H-pyrrole nitrogens is 2.